The molecule has 31 heavy (non-hydrogen) atoms. The number of anilines is 3. The van der Waals surface area contributed by atoms with E-state index in [2.05, 4.69) is 20.6 Å². The molecule has 1 aromatic heterocycles. The molecular formula is C23H24N4O4. The summed E-state index contributed by atoms with van der Waals surface area (Å²) in [4.78, 5) is 20.6. The highest BCUT2D eigenvalue weighted by Gasteiger charge is 2.12. The fraction of sp³-hybridized carbons (Fsp3) is 0.174. The molecule has 8 heteroatoms. The molecule has 0 aliphatic heterocycles. The highest BCUT2D eigenvalue weighted by atomic mass is 16.5. The van der Waals surface area contributed by atoms with Crippen LogP contribution in [-0.2, 0) is 4.79 Å². The lowest BCUT2D eigenvalue weighted by Crippen LogP contribution is -2.07. The van der Waals surface area contributed by atoms with Crippen LogP contribution in [0, 0.1) is 6.92 Å². The fourth-order valence-corrected chi connectivity index (χ4v) is 2.86. The van der Waals surface area contributed by atoms with E-state index < -0.39 is 0 Å². The van der Waals surface area contributed by atoms with Gasteiger partial charge in [0.2, 0.25) is 11.7 Å². The standard InChI is InChI=1S/C23H24N4O4/c1-15-11-21(25-14-24-15)26-17-6-8-18(9-7-17)27-22(28)10-5-16-12-19(29-2)23(31-4)20(13-16)30-3/h5-14H,1-4H3,(H,27,28)(H,24,25,26)/b10-5+. The Hall–Kier alpha value is -4.07. The molecule has 3 rings (SSSR count). The third-order valence-corrected chi connectivity index (χ3v) is 4.34. The number of hydrogen-bond donors (Lipinski definition) is 2. The van der Waals surface area contributed by atoms with Crippen LogP contribution in [0.1, 0.15) is 11.3 Å². The highest BCUT2D eigenvalue weighted by molar-refractivity contribution is 6.02. The van der Waals surface area contributed by atoms with Gasteiger partial charge < -0.3 is 24.8 Å². The molecule has 0 unspecified atom stereocenters. The van der Waals surface area contributed by atoms with E-state index in [1.807, 2.05) is 37.3 Å². The van der Waals surface area contributed by atoms with Crippen molar-refractivity contribution in [1.29, 1.82) is 0 Å². The molecular weight excluding hydrogens is 396 g/mol. The summed E-state index contributed by atoms with van der Waals surface area (Å²) in [7, 11) is 4.63. The zero-order valence-corrected chi connectivity index (χ0v) is 17.8. The van der Waals surface area contributed by atoms with Gasteiger partial charge in [0.25, 0.3) is 0 Å². The minimum Gasteiger partial charge on any atom is -0.493 e. The van der Waals surface area contributed by atoms with Gasteiger partial charge in [-0.2, -0.15) is 0 Å². The van der Waals surface area contributed by atoms with Crippen LogP contribution < -0.4 is 24.8 Å². The number of carbonyl (C=O) groups excluding carboxylic acids is 1. The quantitative estimate of drug-likeness (QED) is 0.527. The Kier molecular flexibility index (Phi) is 7.05. The van der Waals surface area contributed by atoms with E-state index in [-0.39, 0.29) is 5.91 Å². The Morgan fingerprint density at radius 3 is 2.13 bits per heavy atom. The van der Waals surface area contributed by atoms with Gasteiger partial charge in [-0.15, -0.1) is 0 Å². The van der Waals surface area contributed by atoms with Crippen molar-refractivity contribution < 1.29 is 19.0 Å². The average Bonchev–Trinajstić information content (AvgIpc) is 2.78. The Balaban J connectivity index is 1.64. The summed E-state index contributed by atoms with van der Waals surface area (Å²) in [6.07, 6.45) is 4.62. The summed E-state index contributed by atoms with van der Waals surface area (Å²) in [5.74, 6) is 1.98. The fourth-order valence-electron chi connectivity index (χ4n) is 2.86. The average molecular weight is 420 g/mol. The van der Waals surface area contributed by atoms with E-state index in [0.717, 1.165) is 16.9 Å². The van der Waals surface area contributed by atoms with Gasteiger partial charge in [0.1, 0.15) is 12.1 Å². The summed E-state index contributed by atoms with van der Waals surface area (Å²) in [5.41, 5.74) is 3.14. The summed E-state index contributed by atoms with van der Waals surface area (Å²) < 4.78 is 16.0. The number of methoxy groups -OCH3 is 3. The second kappa shape index (κ2) is 10.1. The van der Waals surface area contributed by atoms with E-state index in [9.17, 15) is 4.79 Å². The monoisotopic (exact) mass is 420 g/mol. The molecule has 2 aromatic carbocycles. The van der Waals surface area contributed by atoms with E-state index in [1.165, 1.54) is 12.4 Å². The number of rotatable bonds is 8. The number of hydrogen-bond acceptors (Lipinski definition) is 7. The van der Waals surface area contributed by atoms with Gasteiger partial charge in [0.15, 0.2) is 11.5 Å². The summed E-state index contributed by atoms with van der Waals surface area (Å²) in [6.45, 7) is 1.90. The number of aryl methyl sites for hydroxylation is 1. The van der Waals surface area contributed by atoms with Gasteiger partial charge >= 0.3 is 0 Å². The molecule has 1 amide bonds. The predicted molar refractivity (Wildman–Crippen MR) is 120 cm³/mol. The predicted octanol–water partition coefficient (Wildman–Crippen LogP) is 4.21. The molecule has 0 bridgehead atoms. The molecule has 0 fully saturated rings. The van der Waals surface area contributed by atoms with Crippen LogP contribution in [0.4, 0.5) is 17.2 Å². The topological polar surface area (TPSA) is 94.6 Å². The number of amides is 1. The third-order valence-electron chi connectivity index (χ3n) is 4.34. The molecule has 0 aliphatic rings. The van der Waals surface area contributed by atoms with Crippen molar-refractivity contribution in [2.45, 2.75) is 6.92 Å². The zero-order chi connectivity index (χ0) is 22.2. The molecule has 1 heterocycles. The molecule has 0 spiro atoms. The lowest BCUT2D eigenvalue weighted by molar-refractivity contribution is -0.111. The van der Waals surface area contributed by atoms with Gasteiger partial charge in [0, 0.05) is 29.2 Å². The molecule has 160 valence electrons. The van der Waals surface area contributed by atoms with Crippen molar-refractivity contribution in [1.82, 2.24) is 9.97 Å². The van der Waals surface area contributed by atoms with Crippen LogP contribution in [0.25, 0.3) is 6.08 Å². The van der Waals surface area contributed by atoms with Gasteiger partial charge in [-0.3, -0.25) is 4.79 Å². The number of ether oxygens (including phenoxy) is 3. The number of benzene rings is 2. The van der Waals surface area contributed by atoms with Crippen LogP contribution in [0.2, 0.25) is 0 Å². The van der Waals surface area contributed by atoms with Crippen molar-refractivity contribution in [3.05, 3.63) is 66.1 Å². The minimum atomic E-state index is -0.263. The molecule has 0 radical (unpaired) electrons. The molecule has 0 aliphatic carbocycles. The molecule has 3 aromatic rings. The number of aromatic nitrogens is 2. The van der Waals surface area contributed by atoms with E-state index in [1.54, 1.807) is 39.5 Å². The first-order valence-corrected chi connectivity index (χ1v) is 9.47. The van der Waals surface area contributed by atoms with Crippen LogP contribution in [-0.4, -0.2) is 37.2 Å². The van der Waals surface area contributed by atoms with Gasteiger partial charge in [-0.1, -0.05) is 0 Å². The second-order valence-corrected chi connectivity index (χ2v) is 6.53. The summed E-state index contributed by atoms with van der Waals surface area (Å²) >= 11 is 0. The van der Waals surface area contributed by atoms with Crippen LogP contribution in [0.15, 0.2) is 54.9 Å². The van der Waals surface area contributed by atoms with Crippen molar-refractivity contribution >= 4 is 29.2 Å². The van der Waals surface area contributed by atoms with E-state index >= 15 is 0 Å². The Morgan fingerprint density at radius 2 is 1.55 bits per heavy atom. The SMILES string of the molecule is COc1cc(/C=C/C(=O)Nc2ccc(Nc3cc(C)ncn3)cc2)cc(OC)c1OC. The van der Waals surface area contributed by atoms with E-state index in [0.29, 0.717) is 28.8 Å². The molecule has 8 nitrogen and oxygen atoms in total. The second-order valence-electron chi connectivity index (χ2n) is 6.53. The maximum atomic E-state index is 12.3. The highest BCUT2D eigenvalue weighted by Crippen LogP contribution is 2.38. The zero-order valence-electron chi connectivity index (χ0n) is 17.8. The Labute approximate surface area is 180 Å². The Morgan fingerprint density at radius 1 is 0.903 bits per heavy atom. The first kappa shape index (κ1) is 21.6. The van der Waals surface area contributed by atoms with Crippen LogP contribution in [0.3, 0.4) is 0 Å². The maximum absolute atomic E-state index is 12.3. The van der Waals surface area contributed by atoms with Gasteiger partial charge in [-0.25, -0.2) is 9.97 Å². The minimum absolute atomic E-state index is 0.263. The molecule has 2 N–H and O–H groups in total. The first-order chi connectivity index (χ1) is 15.0. The van der Waals surface area contributed by atoms with Crippen molar-refractivity contribution in [3.8, 4) is 17.2 Å². The summed E-state index contributed by atoms with van der Waals surface area (Å²) in [6, 6.07) is 12.7. The molecule has 0 saturated carbocycles. The van der Waals surface area contributed by atoms with E-state index in [4.69, 9.17) is 14.2 Å². The van der Waals surface area contributed by atoms with Crippen LogP contribution in [0.5, 0.6) is 17.2 Å². The van der Waals surface area contributed by atoms with Crippen molar-refractivity contribution in [2.75, 3.05) is 32.0 Å². The van der Waals surface area contributed by atoms with Gasteiger partial charge in [-0.05, 0) is 55.0 Å². The smallest absolute Gasteiger partial charge is 0.248 e. The number of nitrogens with one attached hydrogen (secondary N) is 2. The number of carbonyl (C=O) groups is 1. The summed E-state index contributed by atoms with van der Waals surface area (Å²) in [5, 5.41) is 6.02. The Bertz CT molecular complexity index is 1060. The first-order valence-electron chi connectivity index (χ1n) is 9.47. The number of nitrogens with zero attached hydrogens (tertiary/aromatic N) is 2. The largest absolute Gasteiger partial charge is 0.493 e. The van der Waals surface area contributed by atoms with Crippen molar-refractivity contribution in [3.63, 3.8) is 0 Å². The lowest BCUT2D eigenvalue weighted by Gasteiger charge is -2.12. The van der Waals surface area contributed by atoms with Crippen LogP contribution >= 0.6 is 0 Å². The van der Waals surface area contributed by atoms with Gasteiger partial charge in [0.05, 0.1) is 21.3 Å². The molecule has 0 saturated heterocycles. The molecule has 0 atom stereocenters. The maximum Gasteiger partial charge on any atom is 0.248 e. The van der Waals surface area contributed by atoms with Crippen molar-refractivity contribution in [2.24, 2.45) is 0 Å². The lowest BCUT2D eigenvalue weighted by atomic mass is 10.1. The normalized spacial score (nSPS) is 10.6. The third kappa shape index (κ3) is 5.72.